The van der Waals surface area contributed by atoms with E-state index in [4.69, 9.17) is 0 Å². The van der Waals surface area contributed by atoms with E-state index in [1.165, 1.54) is 4.31 Å². The summed E-state index contributed by atoms with van der Waals surface area (Å²) in [6.45, 7) is 2.14. The Balaban J connectivity index is 1.81. The second-order valence-electron chi connectivity index (χ2n) is 7.31. The zero-order chi connectivity index (χ0) is 21.9. The van der Waals surface area contributed by atoms with Crippen molar-refractivity contribution in [3.05, 3.63) is 71.3 Å². The third kappa shape index (κ3) is 5.02. The van der Waals surface area contributed by atoms with Crippen LogP contribution in [0.4, 0.5) is 13.2 Å². The number of halogens is 3. The standard InChI is InChI=1S/C21H23F3N2O3S/c1-2-12-30(28,29)26-13-18(15-6-4-3-5-7-15)19(14-26)25-20(27)16-8-10-17(11-9-16)21(22,23)24/h3-11,18-19H,2,12-14H2,1H3,(H,25,27). The molecule has 1 N–H and O–H groups in total. The Morgan fingerprint density at radius 1 is 1.07 bits per heavy atom. The molecule has 2 unspecified atom stereocenters. The molecule has 0 aliphatic carbocycles. The Labute approximate surface area is 173 Å². The number of nitrogens with one attached hydrogen (secondary N) is 1. The minimum atomic E-state index is -4.48. The van der Waals surface area contributed by atoms with Gasteiger partial charge >= 0.3 is 6.18 Å². The van der Waals surface area contributed by atoms with Gasteiger partial charge in [0.05, 0.1) is 17.4 Å². The first-order valence-corrected chi connectivity index (χ1v) is 11.2. The number of amides is 1. The molecule has 2 aromatic rings. The molecular formula is C21H23F3N2O3S. The molecule has 1 aliphatic heterocycles. The lowest BCUT2D eigenvalue weighted by Gasteiger charge is -2.20. The summed E-state index contributed by atoms with van der Waals surface area (Å²) in [5.41, 5.74) is 0.146. The third-order valence-corrected chi connectivity index (χ3v) is 7.17. The number of nitrogens with zero attached hydrogens (tertiary/aromatic N) is 1. The fourth-order valence-electron chi connectivity index (χ4n) is 3.63. The molecule has 9 heteroatoms. The average Bonchev–Trinajstić information content (AvgIpc) is 3.13. The van der Waals surface area contributed by atoms with Gasteiger partial charge in [-0.3, -0.25) is 4.79 Å². The van der Waals surface area contributed by atoms with Crippen LogP contribution in [0.25, 0.3) is 0 Å². The molecule has 1 heterocycles. The molecule has 1 amide bonds. The predicted octanol–water partition coefficient (Wildman–Crippen LogP) is 3.64. The van der Waals surface area contributed by atoms with Crippen molar-refractivity contribution in [3.8, 4) is 0 Å². The molecule has 0 spiro atoms. The maximum Gasteiger partial charge on any atom is 0.416 e. The summed E-state index contributed by atoms with van der Waals surface area (Å²) in [6.07, 6.45) is -4.00. The van der Waals surface area contributed by atoms with Crippen LogP contribution >= 0.6 is 0 Å². The second kappa shape index (κ2) is 8.77. The maximum atomic E-state index is 12.7. The summed E-state index contributed by atoms with van der Waals surface area (Å²) < 4.78 is 64.7. The van der Waals surface area contributed by atoms with Crippen molar-refractivity contribution in [2.75, 3.05) is 18.8 Å². The Morgan fingerprint density at radius 2 is 1.70 bits per heavy atom. The van der Waals surface area contributed by atoms with Crippen molar-refractivity contribution in [3.63, 3.8) is 0 Å². The highest BCUT2D eigenvalue weighted by atomic mass is 32.2. The topological polar surface area (TPSA) is 66.5 Å². The van der Waals surface area contributed by atoms with E-state index in [2.05, 4.69) is 5.32 Å². The Kier molecular flexibility index (Phi) is 6.52. The largest absolute Gasteiger partial charge is 0.416 e. The monoisotopic (exact) mass is 440 g/mol. The fraction of sp³-hybridized carbons (Fsp3) is 0.381. The molecule has 0 bridgehead atoms. The van der Waals surface area contributed by atoms with Crippen molar-refractivity contribution < 1.29 is 26.4 Å². The van der Waals surface area contributed by atoms with E-state index in [1.54, 1.807) is 6.92 Å². The van der Waals surface area contributed by atoms with E-state index in [0.29, 0.717) is 6.42 Å². The third-order valence-electron chi connectivity index (χ3n) is 5.16. The van der Waals surface area contributed by atoms with Gasteiger partial charge in [0, 0.05) is 24.6 Å². The van der Waals surface area contributed by atoms with Crippen molar-refractivity contribution in [1.29, 1.82) is 0 Å². The first-order valence-electron chi connectivity index (χ1n) is 9.62. The highest BCUT2D eigenvalue weighted by molar-refractivity contribution is 7.89. The van der Waals surface area contributed by atoms with Crippen LogP contribution in [0.3, 0.4) is 0 Å². The molecule has 0 aromatic heterocycles. The van der Waals surface area contributed by atoms with Gasteiger partial charge in [-0.1, -0.05) is 37.3 Å². The maximum absolute atomic E-state index is 12.7. The van der Waals surface area contributed by atoms with Crippen LogP contribution < -0.4 is 5.32 Å². The first-order chi connectivity index (χ1) is 14.1. The number of sulfonamides is 1. The van der Waals surface area contributed by atoms with Crippen LogP contribution in [0, 0.1) is 0 Å². The van der Waals surface area contributed by atoms with Gasteiger partial charge in [0.15, 0.2) is 0 Å². The molecule has 30 heavy (non-hydrogen) atoms. The van der Waals surface area contributed by atoms with Gasteiger partial charge in [0.1, 0.15) is 0 Å². The number of rotatable bonds is 6. The molecule has 2 aromatic carbocycles. The molecule has 2 atom stereocenters. The summed E-state index contributed by atoms with van der Waals surface area (Å²) in [4.78, 5) is 12.7. The SMILES string of the molecule is CCCS(=O)(=O)N1CC(NC(=O)c2ccc(C(F)(F)F)cc2)C(c2ccccc2)C1. The minimum Gasteiger partial charge on any atom is -0.347 e. The van der Waals surface area contributed by atoms with Gasteiger partial charge in [0.2, 0.25) is 10.0 Å². The van der Waals surface area contributed by atoms with Crippen LogP contribution in [0.1, 0.15) is 40.7 Å². The van der Waals surface area contributed by atoms with Crippen molar-refractivity contribution in [1.82, 2.24) is 9.62 Å². The molecular weight excluding hydrogens is 417 g/mol. The summed E-state index contributed by atoms with van der Waals surface area (Å²) in [5.74, 6) is -0.769. The van der Waals surface area contributed by atoms with Crippen molar-refractivity contribution in [2.45, 2.75) is 31.5 Å². The van der Waals surface area contributed by atoms with E-state index in [-0.39, 0.29) is 30.3 Å². The Hall–Kier alpha value is -2.39. The normalized spacial score (nSPS) is 20.3. The summed E-state index contributed by atoms with van der Waals surface area (Å²) in [5, 5.41) is 2.82. The molecule has 1 saturated heterocycles. The first kappa shape index (κ1) is 22.3. The van der Waals surface area contributed by atoms with Crippen LogP contribution in [0.2, 0.25) is 0 Å². The molecule has 1 fully saturated rings. The lowest BCUT2D eigenvalue weighted by Crippen LogP contribution is -2.40. The van der Waals surface area contributed by atoms with Gasteiger partial charge in [-0.2, -0.15) is 17.5 Å². The number of hydrogen-bond donors (Lipinski definition) is 1. The van der Waals surface area contributed by atoms with Gasteiger partial charge < -0.3 is 5.32 Å². The molecule has 162 valence electrons. The van der Waals surface area contributed by atoms with Crippen molar-refractivity contribution in [2.24, 2.45) is 0 Å². The Bertz CT molecular complexity index is 977. The van der Waals surface area contributed by atoms with Gasteiger partial charge in [-0.25, -0.2) is 8.42 Å². The highest BCUT2D eigenvalue weighted by Gasteiger charge is 2.40. The summed E-state index contributed by atoms with van der Waals surface area (Å²) in [6, 6.07) is 12.7. The summed E-state index contributed by atoms with van der Waals surface area (Å²) in [7, 11) is -3.45. The smallest absolute Gasteiger partial charge is 0.347 e. The fourth-order valence-corrected chi connectivity index (χ4v) is 5.18. The highest BCUT2D eigenvalue weighted by Crippen LogP contribution is 2.31. The molecule has 5 nitrogen and oxygen atoms in total. The minimum absolute atomic E-state index is 0.0219. The zero-order valence-corrected chi connectivity index (χ0v) is 17.2. The molecule has 1 aliphatic rings. The van der Waals surface area contributed by atoms with Gasteiger partial charge in [-0.15, -0.1) is 0 Å². The van der Waals surface area contributed by atoms with Gasteiger partial charge in [-0.05, 0) is 36.2 Å². The van der Waals surface area contributed by atoms with Crippen LogP contribution in [-0.4, -0.2) is 43.5 Å². The number of benzene rings is 2. The lowest BCUT2D eigenvalue weighted by molar-refractivity contribution is -0.137. The van der Waals surface area contributed by atoms with E-state index < -0.39 is 33.7 Å². The average molecular weight is 440 g/mol. The quantitative estimate of drug-likeness (QED) is 0.746. The number of hydrogen-bond acceptors (Lipinski definition) is 3. The Morgan fingerprint density at radius 3 is 2.27 bits per heavy atom. The van der Waals surface area contributed by atoms with E-state index in [9.17, 15) is 26.4 Å². The van der Waals surface area contributed by atoms with Crippen LogP contribution in [-0.2, 0) is 16.2 Å². The van der Waals surface area contributed by atoms with Gasteiger partial charge in [0.25, 0.3) is 5.91 Å². The molecule has 0 radical (unpaired) electrons. The van der Waals surface area contributed by atoms with Crippen molar-refractivity contribution >= 4 is 15.9 Å². The number of alkyl halides is 3. The van der Waals surface area contributed by atoms with E-state index in [1.807, 2.05) is 30.3 Å². The lowest BCUT2D eigenvalue weighted by atomic mass is 9.94. The predicted molar refractivity (Wildman–Crippen MR) is 108 cm³/mol. The van der Waals surface area contributed by atoms with E-state index in [0.717, 1.165) is 29.8 Å². The molecule has 3 rings (SSSR count). The van der Waals surface area contributed by atoms with E-state index >= 15 is 0 Å². The zero-order valence-electron chi connectivity index (χ0n) is 16.4. The molecule has 0 saturated carbocycles. The number of carbonyl (C=O) groups is 1. The number of carbonyl (C=O) groups excluding carboxylic acids is 1. The second-order valence-corrected chi connectivity index (χ2v) is 9.39. The van der Waals surface area contributed by atoms with Crippen LogP contribution in [0.15, 0.2) is 54.6 Å². The summed E-state index contributed by atoms with van der Waals surface area (Å²) >= 11 is 0. The van der Waals surface area contributed by atoms with Crippen LogP contribution in [0.5, 0.6) is 0 Å².